The first kappa shape index (κ1) is 20.1. The van der Waals surface area contributed by atoms with Crippen molar-refractivity contribution in [2.45, 2.75) is 15.9 Å². The van der Waals surface area contributed by atoms with Gasteiger partial charge in [-0.3, -0.25) is 0 Å². The van der Waals surface area contributed by atoms with Crippen LogP contribution in [0.4, 0.5) is 18.9 Å². The Kier molecular flexibility index (Phi) is 4.79. The molecule has 12 heteroatoms. The Morgan fingerprint density at radius 3 is 2.14 bits per heavy atom. The molecule has 2 aliphatic heterocycles. The minimum absolute atomic E-state index is 0.0142. The number of hydrogen-bond donors (Lipinski definition) is 1. The zero-order chi connectivity index (χ0) is 20.9. The molecule has 2 aromatic rings. The van der Waals surface area contributed by atoms with Crippen LogP contribution in [0.1, 0.15) is 0 Å². The van der Waals surface area contributed by atoms with E-state index in [4.69, 9.17) is 53.8 Å². The summed E-state index contributed by atoms with van der Waals surface area (Å²) in [7, 11) is 0. The summed E-state index contributed by atoms with van der Waals surface area (Å²) in [6.07, 6.45) is -4.96. The second-order valence-electron chi connectivity index (χ2n) is 5.88. The molecule has 2 heterocycles. The van der Waals surface area contributed by atoms with Gasteiger partial charge in [0.1, 0.15) is 0 Å². The molecule has 1 N–H and O–H groups in total. The van der Waals surface area contributed by atoms with Gasteiger partial charge in [-0.1, -0.05) is 46.9 Å². The predicted octanol–water partition coefficient (Wildman–Crippen LogP) is 5.28. The molecule has 0 aromatic heterocycles. The number of hydrogen-bond acceptors (Lipinski definition) is 5. The molecule has 29 heavy (non-hydrogen) atoms. The zero-order valence-corrected chi connectivity index (χ0v) is 16.4. The molecule has 0 saturated heterocycles. The summed E-state index contributed by atoms with van der Waals surface area (Å²) in [6.45, 7) is -0.0324. The van der Waals surface area contributed by atoms with Gasteiger partial charge in [0.05, 0.1) is 0 Å². The Bertz CT molecular complexity index is 954. The van der Waals surface area contributed by atoms with E-state index in [9.17, 15) is 13.2 Å². The molecule has 0 fully saturated rings. The molecule has 154 valence electrons. The minimum atomic E-state index is -4.96. The Morgan fingerprint density at radius 1 is 0.931 bits per heavy atom. The highest BCUT2D eigenvalue weighted by atomic mass is 35.6. The molecular formula is C17H10Cl3F3N2O4. The number of anilines is 1. The van der Waals surface area contributed by atoms with E-state index in [0.717, 1.165) is 0 Å². The van der Waals surface area contributed by atoms with E-state index in [1.165, 1.54) is 30.3 Å². The summed E-state index contributed by atoms with van der Waals surface area (Å²) in [5.41, 5.74) is 0.0142. The van der Waals surface area contributed by atoms with E-state index < -0.39 is 21.7 Å². The molecule has 2 aromatic carbocycles. The molecule has 0 amide bonds. The fourth-order valence-corrected chi connectivity index (χ4v) is 2.94. The van der Waals surface area contributed by atoms with Gasteiger partial charge in [-0.25, -0.2) is 0 Å². The van der Waals surface area contributed by atoms with E-state index in [-0.39, 0.29) is 29.7 Å². The quantitative estimate of drug-likeness (QED) is 0.368. The van der Waals surface area contributed by atoms with Gasteiger partial charge in [0.2, 0.25) is 12.6 Å². The van der Waals surface area contributed by atoms with Gasteiger partial charge in [-0.15, -0.1) is 0 Å². The normalized spacial score (nSPS) is 17.4. The fraction of sp³-hybridized carbons (Fsp3) is 0.235. The van der Waals surface area contributed by atoms with Gasteiger partial charge < -0.3 is 24.3 Å². The lowest BCUT2D eigenvalue weighted by Crippen LogP contribution is -2.51. The lowest BCUT2D eigenvalue weighted by atomic mass is 10.2. The van der Waals surface area contributed by atoms with Gasteiger partial charge in [-0.2, -0.15) is 18.2 Å². The van der Waals surface area contributed by atoms with Gasteiger partial charge in [0.25, 0.3) is 3.79 Å². The van der Waals surface area contributed by atoms with Gasteiger partial charge in [-0.05, 0) is 24.3 Å². The van der Waals surface area contributed by atoms with Crippen molar-refractivity contribution in [3.8, 4) is 23.0 Å². The molecule has 0 bridgehead atoms. The van der Waals surface area contributed by atoms with E-state index in [1.54, 1.807) is 12.1 Å². The molecule has 2 aliphatic rings. The average Bonchev–Trinajstić information content (AvgIpc) is 3.23. The summed E-state index contributed by atoms with van der Waals surface area (Å²) in [5, 5.41) is 2.15. The van der Waals surface area contributed by atoms with E-state index >= 15 is 0 Å². The Morgan fingerprint density at radius 2 is 1.55 bits per heavy atom. The highest BCUT2D eigenvalue weighted by molar-refractivity contribution is 6.68. The summed E-state index contributed by atoms with van der Waals surface area (Å²) in [4.78, 5) is 3.52. The number of benzene rings is 2. The van der Waals surface area contributed by atoms with Crippen LogP contribution in [0.3, 0.4) is 0 Å². The molecule has 6 nitrogen and oxygen atoms in total. The van der Waals surface area contributed by atoms with Crippen LogP contribution in [0, 0.1) is 0 Å². The molecule has 0 atom stereocenters. The van der Waals surface area contributed by atoms with Crippen molar-refractivity contribution in [2.75, 3.05) is 12.1 Å². The van der Waals surface area contributed by atoms with Crippen LogP contribution in [-0.2, 0) is 0 Å². The van der Waals surface area contributed by atoms with Crippen molar-refractivity contribution >= 4 is 46.3 Å². The van der Waals surface area contributed by atoms with E-state index in [0.29, 0.717) is 5.75 Å². The van der Waals surface area contributed by atoms with Crippen LogP contribution in [0.5, 0.6) is 23.0 Å². The lowest BCUT2D eigenvalue weighted by Gasteiger charge is -2.30. The van der Waals surface area contributed by atoms with Gasteiger partial charge in [0, 0.05) is 11.8 Å². The Labute approximate surface area is 177 Å². The minimum Gasteiger partial charge on any atom is -0.454 e. The smallest absolute Gasteiger partial charge is 0.449 e. The number of nitrogens with one attached hydrogen (secondary N) is 1. The first-order valence-electron chi connectivity index (χ1n) is 7.95. The number of para-hydroxylation sites is 2. The first-order valence-corrected chi connectivity index (χ1v) is 9.08. The number of nitrogens with zero attached hydrogens (tertiary/aromatic N) is 1. The number of halogens is 6. The van der Waals surface area contributed by atoms with Crippen molar-refractivity contribution in [3.63, 3.8) is 0 Å². The molecule has 0 aliphatic carbocycles. The van der Waals surface area contributed by atoms with E-state index in [1.807, 2.05) is 0 Å². The standard InChI is InChI=1S/C17H10Cl3F3N2O4/c18-16(19,20)17(28-11-3-1-2-4-12(11)29-17)25-14(15(21,22)23)24-9-5-6-10-13(7-9)27-8-26-10/h1-7H,8H2,(H,24,25). The number of rotatable bonds is 2. The van der Waals surface area contributed by atoms with Crippen LogP contribution < -0.4 is 24.3 Å². The van der Waals surface area contributed by atoms with E-state index in [2.05, 4.69) is 10.3 Å². The van der Waals surface area contributed by atoms with Crippen molar-refractivity contribution in [1.29, 1.82) is 0 Å². The molecule has 0 spiro atoms. The van der Waals surface area contributed by atoms with Crippen LogP contribution in [-0.4, -0.2) is 28.5 Å². The van der Waals surface area contributed by atoms with Crippen molar-refractivity contribution in [2.24, 2.45) is 4.99 Å². The first-order chi connectivity index (χ1) is 13.6. The lowest BCUT2D eigenvalue weighted by molar-refractivity contribution is -0.0821. The fourth-order valence-electron chi connectivity index (χ4n) is 2.58. The number of aliphatic imine (C=N–C) groups is 1. The third kappa shape index (κ3) is 3.82. The SMILES string of the molecule is FC(F)(F)C(=NC1(C(Cl)(Cl)Cl)Oc2ccccc2O1)Nc1ccc2c(c1)OCO2. The van der Waals surface area contributed by atoms with Crippen LogP contribution in [0.15, 0.2) is 47.5 Å². The molecule has 0 saturated carbocycles. The average molecular weight is 470 g/mol. The number of amidine groups is 1. The summed E-state index contributed by atoms with van der Waals surface area (Å²) in [5.74, 6) is -3.28. The topological polar surface area (TPSA) is 61.3 Å². The Hall–Kier alpha value is -2.23. The second-order valence-corrected chi connectivity index (χ2v) is 8.16. The van der Waals surface area contributed by atoms with Crippen LogP contribution in [0.2, 0.25) is 0 Å². The summed E-state index contributed by atoms with van der Waals surface area (Å²) >= 11 is 17.7. The molecule has 0 radical (unpaired) electrons. The highest BCUT2D eigenvalue weighted by Crippen LogP contribution is 2.51. The Balaban J connectivity index is 1.73. The number of fused-ring (bicyclic) bond motifs is 2. The van der Waals surface area contributed by atoms with Crippen molar-refractivity contribution < 1.29 is 32.1 Å². The third-order valence-electron chi connectivity index (χ3n) is 3.87. The van der Waals surface area contributed by atoms with Gasteiger partial charge in [0.15, 0.2) is 23.0 Å². The molecule has 4 rings (SSSR count). The number of alkyl halides is 6. The van der Waals surface area contributed by atoms with Crippen LogP contribution >= 0.6 is 34.8 Å². The maximum absolute atomic E-state index is 13.7. The zero-order valence-electron chi connectivity index (χ0n) is 14.1. The summed E-state index contributed by atoms with van der Waals surface area (Å²) in [6, 6.07) is 10.2. The molecular weight excluding hydrogens is 460 g/mol. The second kappa shape index (κ2) is 6.93. The predicted molar refractivity (Wildman–Crippen MR) is 100 cm³/mol. The summed E-state index contributed by atoms with van der Waals surface area (Å²) < 4.78 is 59.8. The van der Waals surface area contributed by atoms with Crippen molar-refractivity contribution in [3.05, 3.63) is 42.5 Å². The maximum Gasteiger partial charge on any atom is 0.449 e. The number of ether oxygens (including phenoxy) is 4. The van der Waals surface area contributed by atoms with Crippen molar-refractivity contribution in [1.82, 2.24) is 0 Å². The monoisotopic (exact) mass is 468 g/mol. The highest BCUT2D eigenvalue weighted by Gasteiger charge is 2.60. The molecule has 0 unspecified atom stereocenters. The maximum atomic E-state index is 13.7. The van der Waals surface area contributed by atoms with Gasteiger partial charge >= 0.3 is 12.1 Å². The largest absolute Gasteiger partial charge is 0.454 e. The third-order valence-corrected chi connectivity index (χ3v) is 4.58. The van der Waals surface area contributed by atoms with Crippen LogP contribution in [0.25, 0.3) is 0 Å².